The summed E-state index contributed by atoms with van der Waals surface area (Å²) in [7, 11) is 0. The summed E-state index contributed by atoms with van der Waals surface area (Å²) < 4.78 is 1.38. The molecule has 18 heavy (non-hydrogen) atoms. The minimum atomic E-state index is -1.14. The molecule has 0 aliphatic carbocycles. The molecule has 2 aromatic rings. The van der Waals surface area contributed by atoms with Crippen LogP contribution < -0.4 is 5.32 Å². The van der Waals surface area contributed by atoms with E-state index in [4.69, 9.17) is 5.11 Å². The number of carboxylic acid groups (broad SMARTS) is 1. The molecule has 2 N–H and O–H groups in total. The second-order valence-electron chi connectivity index (χ2n) is 3.65. The van der Waals surface area contributed by atoms with Gasteiger partial charge in [0.05, 0.1) is 5.69 Å². The fourth-order valence-electron chi connectivity index (χ4n) is 1.52. The van der Waals surface area contributed by atoms with Crippen LogP contribution in [0.5, 0.6) is 0 Å². The monoisotopic (exact) mass is 245 g/mol. The molecule has 0 saturated heterocycles. The first-order valence-corrected chi connectivity index (χ1v) is 5.24. The van der Waals surface area contributed by atoms with Crippen LogP contribution in [0.15, 0.2) is 36.4 Å². The molecule has 0 unspecified atom stereocenters. The van der Waals surface area contributed by atoms with E-state index in [1.807, 2.05) is 6.07 Å². The van der Waals surface area contributed by atoms with Crippen molar-refractivity contribution in [2.75, 3.05) is 5.32 Å². The Morgan fingerprint density at radius 1 is 1.28 bits per heavy atom. The molecule has 1 aromatic carbocycles. The lowest BCUT2D eigenvalue weighted by atomic mass is 10.3. The van der Waals surface area contributed by atoms with Crippen LogP contribution in [0.4, 0.5) is 5.82 Å². The second-order valence-corrected chi connectivity index (χ2v) is 3.65. The smallest absolute Gasteiger partial charge is 0.356 e. The third kappa shape index (κ3) is 2.37. The predicted octanol–water partition coefficient (Wildman–Crippen LogP) is 1.53. The molecule has 0 atom stereocenters. The van der Waals surface area contributed by atoms with E-state index in [2.05, 4.69) is 10.4 Å². The number of carbonyl (C=O) groups excluding carboxylic acids is 1. The number of para-hydroxylation sites is 1. The highest BCUT2D eigenvalue weighted by Crippen LogP contribution is 2.17. The van der Waals surface area contributed by atoms with Gasteiger partial charge in [-0.2, -0.15) is 5.10 Å². The number of rotatable bonds is 3. The van der Waals surface area contributed by atoms with Crippen LogP contribution >= 0.6 is 0 Å². The first-order chi connectivity index (χ1) is 8.58. The molecule has 1 heterocycles. The van der Waals surface area contributed by atoms with Crippen LogP contribution in [0, 0.1) is 0 Å². The maximum absolute atomic E-state index is 11.1. The first-order valence-electron chi connectivity index (χ1n) is 5.24. The molecule has 0 fully saturated rings. The third-order valence-corrected chi connectivity index (χ3v) is 2.23. The Bertz CT molecular complexity index is 590. The van der Waals surface area contributed by atoms with Gasteiger partial charge in [0.25, 0.3) is 0 Å². The average Bonchev–Trinajstić information content (AvgIpc) is 2.73. The number of nitrogens with one attached hydrogen (secondary N) is 1. The molecule has 1 aromatic heterocycles. The molecule has 0 aliphatic heterocycles. The number of benzene rings is 1. The molecule has 6 nitrogen and oxygen atoms in total. The average molecular weight is 245 g/mol. The van der Waals surface area contributed by atoms with E-state index in [-0.39, 0.29) is 11.6 Å². The van der Waals surface area contributed by atoms with Gasteiger partial charge >= 0.3 is 5.97 Å². The van der Waals surface area contributed by atoms with E-state index in [1.54, 1.807) is 24.3 Å². The minimum Gasteiger partial charge on any atom is -0.476 e. The zero-order chi connectivity index (χ0) is 13.1. The van der Waals surface area contributed by atoms with E-state index in [0.717, 1.165) is 0 Å². The Morgan fingerprint density at radius 2 is 1.94 bits per heavy atom. The molecule has 2 rings (SSSR count). The Balaban J connectivity index is 2.50. The van der Waals surface area contributed by atoms with Gasteiger partial charge in [-0.15, -0.1) is 0 Å². The Hall–Kier alpha value is -2.63. The van der Waals surface area contributed by atoms with Gasteiger partial charge in [-0.05, 0) is 12.1 Å². The molecule has 0 saturated carbocycles. The van der Waals surface area contributed by atoms with E-state index in [1.165, 1.54) is 17.7 Å². The number of aromatic nitrogens is 2. The molecule has 6 heteroatoms. The predicted molar refractivity (Wildman–Crippen MR) is 64.8 cm³/mol. The Labute approximate surface area is 103 Å². The molecule has 0 radical (unpaired) electrons. The number of aromatic carboxylic acids is 1. The number of nitrogens with zero attached hydrogens (tertiary/aromatic N) is 2. The zero-order valence-electron chi connectivity index (χ0n) is 9.62. The lowest BCUT2D eigenvalue weighted by Crippen LogP contribution is -2.10. The maximum atomic E-state index is 11.1. The lowest BCUT2D eigenvalue weighted by Gasteiger charge is -2.06. The molecule has 92 valence electrons. The summed E-state index contributed by atoms with van der Waals surface area (Å²) in [6.45, 7) is 1.35. The summed E-state index contributed by atoms with van der Waals surface area (Å²) in [4.78, 5) is 22.0. The molecule has 0 bridgehead atoms. The SMILES string of the molecule is CC(=O)Nc1cc(C(=O)O)nn1-c1ccccc1. The number of carbonyl (C=O) groups is 2. The van der Waals surface area contributed by atoms with Crippen molar-refractivity contribution < 1.29 is 14.7 Å². The highest BCUT2D eigenvalue weighted by atomic mass is 16.4. The summed E-state index contributed by atoms with van der Waals surface area (Å²) in [5, 5.41) is 15.4. The van der Waals surface area contributed by atoms with Gasteiger partial charge in [0.2, 0.25) is 5.91 Å². The zero-order valence-corrected chi connectivity index (χ0v) is 9.62. The topological polar surface area (TPSA) is 84.2 Å². The standard InChI is InChI=1S/C12H11N3O3/c1-8(16)13-11-7-10(12(17)18)14-15(11)9-5-3-2-4-6-9/h2-7H,1H3,(H,13,16)(H,17,18). The van der Waals surface area contributed by atoms with Crippen LogP contribution in [0.2, 0.25) is 0 Å². The summed E-state index contributed by atoms with van der Waals surface area (Å²) in [6, 6.07) is 10.3. The van der Waals surface area contributed by atoms with Crippen molar-refractivity contribution >= 4 is 17.7 Å². The van der Waals surface area contributed by atoms with Gasteiger partial charge in [0.1, 0.15) is 5.82 Å². The van der Waals surface area contributed by atoms with Gasteiger partial charge in [-0.1, -0.05) is 18.2 Å². The van der Waals surface area contributed by atoms with Crippen LogP contribution in [0.1, 0.15) is 17.4 Å². The van der Waals surface area contributed by atoms with Crippen molar-refractivity contribution in [1.82, 2.24) is 9.78 Å². The largest absolute Gasteiger partial charge is 0.476 e. The van der Waals surface area contributed by atoms with Crippen LogP contribution in [0.3, 0.4) is 0 Å². The summed E-state index contributed by atoms with van der Waals surface area (Å²) in [6.07, 6.45) is 0. The first kappa shape index (κ1) is 11.8. The van der Waals surface area contributed by atoms with Gasteiger partial charge < -0.3 is 10.4 Å². The highest BCUT2D eigenvalue weighted by Gasteiger charge is 2.14. The van der Waals surface area contributed by atoms with E-state index >= 15 is 0 Å². The fraction of sp³-hybridized carbons (Fsp3) is 0.0833. The van der Waals surface area contributed by atoms with Crippen molar-refractivity contribution in [2.24, 2.45) is 0 Å². The van der Waals surface area contributed by atoms with Gasteiger partial charge in [-0.25, -0.2) is 9.48 Å². The van der Waals surface area contributed by atoms with Crippen LogP contribution in [0.25, 0.3) is 5.69 Å². The Morgan fingerprint density at radius 3 is 2.50 bits per heavy atom. The molecular formula is C12H11N3O3. The second kappa shape index (κ2) is 4.70. The van der Waals surface area contributed by atoms with E-state index < -0.39 is 5.97 Å². The van der Waals surface area contributed by atoms with Gasteiger partial charge in [-0.3, -0.25) is 4.79 Å². The van der Waals surface area contributed by atoms with Crippen molar-refractivity contribution in [3.05, 3.63) is 42.1 Å². The van der Waals surface area contributed by atoms with Crippen molar-refractivity contribution in [2.45, 2.75) is 6.92 Å². The number of carboxylic acids is 1. The minimum absolute atomic E-state index is 0.123. The number of amides is 1. The lowest BCUT2D eigenvalue weighted by molar-refractivity contribution is -0.114. The third-order valence-electron chi connectivity index (χ3n) is 2.23. The Kier molecular flexibility index (Phi) is 3.09. The van der Waals surface area contributed by atoms with Crippen molar-refractivity contribution in [3.8, 4) is 5.69 Å². The van der Waals surface area contributed by atoms with Crippen molar-refractivity contribution in [1.29, 1.82) is 0 Å². The quantitative estimate of drug-likeness (QED) is 0.858. The number of hydrogen-bond acceptors (Lipinski definition) is 3. The van der Waals surface area contributed by atoms with Crippen molar-refractivity contribution in [3.63, 3.8) is 0 Å². The fourth-order valence-corrected chi connectivity index (χ4v) is 1.52. The molecule has 0 aliphatic rings. The summed E-state index contributed by atoms with van der Waals surface area (Å²) >= 11 is 0. The highest BCUT2D eigenvalue weighted by molar-refractivity contribution is 5.91. The summed E-state index contributed by atoms with van der Waals surface area (Å²) in [5.41, 5.74) is 0.552. The summed E-state index contributed by atoms with van der Waals surface area (Å²) in [5.74, 6) is -1.11. The van der Waals surface area contributed by atoms with Gasteiger partial charge in [0.15, 0.2) is 5.69 Å². The van der Waals surface area contributed by atoms with Crippen LogP contribution in [-0.4, -0.2) is 26.8 Å². The molecular weight excluding hydrogens is 234 g/mol. The van der Waals surface area contributed by atoms with E-state index in [9.17, 15) is 9.59 Å². The number of anilines is 1. The van der Waals surface area contributed by atoms with E-state index in [0.29, 0.717) is 11.5 Å². The number of hydrogen-bond donors (Lipinski definition) is 2. The maximum Gasteiger partial charge on any atom is 0.356 e. The van der Waals surface area contributed by atoms with Crippen LogP contribution in [-0.2, 0) is 4.79 Å². The molecule has 0 spiro atoms. The van der Waals surface area contributed by atoms with Gasteiger partial charge in [0, 0.05) is 13.0 Å². The normalized spacial score (nSPS) is 10.1. The molecule has 1 amide bonds.